The molecular formula is C14H12ClN3O3. The highest BCUT2D eigenvalue weighted by Gasteiger charge is 2.13. The van der Waals surface area contributed by atoms with E-state index in [4.69, 9.17) is 17.3 Å². The first-order chi connectivity index (χ1) is 10.0. The fraction of sp³-hybridized carbons (Fsp3) is 0.0714. The molecule has 0 unspecified atom stereocenters. The van der Waals surface area contributed by atoms with Gasteiger partial charge in [0.25, 0.3) is 11.6 Å². The van der Waals surface area contributed by atoms with E-state index in [1.807, 2.05) is 0 Å². The largest absolute Gasteiger partial charge is 0.326 e. The number of carbonyl (C=O) groups excluding carboxylic acids is 1. The smallest absolute Gasteiger partial charge is 0.288 e. The summed E-state index contributed by atoms with van der Waals surface area (Å²) < 4.78 is 0. The summed E-state index contributed by atoms with van der Waals surface area (Å²) in [6.07, 6.45) is 0. The quantitative estimate of drug-likeness (QED) is 0.670. The van der Waals surface area contributed by atoms with Crippen molar-refractivity contribution in [1.29, 1.82) is 0 Å². The third-order valence-corrected chi connectivity index (χ3v) is 3.16. The molecule has 0 saturated carbocycles. The van der Waals surface area contributed by atoms with Crippen LogP contribution in [0.3, 0.4) is 0 Å². The average molecular weight is 306 g/mol. The van der Waals surface area contributed by atoms with E-state index in [2.05, 4.69) is 5.32 Å². The van der Waals surface area contributed by atoms with E-state index in [1.54, 1.807) is 24.3 Å². The number of nitro benzene ring substituents is 1. The summed E-state index contributed by atoms with van der Waals surface area (Å²) >= 11 is 5.79. The van der Waals surface area contributed by atoms with Crippen molar-refractivity contribution in [3.63, 3.8) is 0 Å². The fourth-order valence-electron chi connectivity index (χ4n) is 1.73. The van der Waals surface area contributed by atoms with Crippen molar-refractivity contribution < 1.29 is 9.72 Å². The molecule has 6 nitrogen and oxygen atoms in total. The zero-order valence-corrected chi connectivity index (χ0v) is 11.6. The van der Waals surface area contributed by atoms with Gasteiger partial charge in [0, 0.05) is 23.9 Å². The zero-order valence-electron chi connectivity index (χ0n) is 10.9. The number of hydrogen-bond acceptors (Lipinski definition) is 4. The monoisotopic (exact) mass is 305 g/mol. The summed E-state index contributed by atoms with van der Waals surface area (Å²) in [7, 11) is 0. The van der Waals surface area contributed by atoms with Crippen molar-refractivity contribution in [1.82, 2.24) is 0 Å². The van der Waals surface area contributed by atoms with Crippen LogP contribution in [-0.4, -0.2) is 10.8 Å². The van der Waals surface area contributed by atoms with Gasteiger partial charge in [0.05, 0.1) is 4.92 Å². The second-order valence-electron chi connectivity index (χ2n) is 4.28. The van der Waals surface area contributed by atoms with Crippen LogP contribution in [0.5, 0.6) is 0 Å². The lowest BCUT2D eigenvalue weighted by molar-refractivity contribution is -0.384. The fourth-order valence-corrected chi connectivity index (χ4v) is 1.98. The third-order valence-electron chi connectivity index (χ3n) is 2.85. The number of nitrogens with two attached hydrogens (primary N) is 1. The van der Waals surface area contributed by atoms with Gasteiger partial charge in [0.1, 0.15) is 5.02 Å². The summed E-state index contributed by atoms with van der Waals surface area (Å²) in [5.74, 6) is -0.330. The minimum absolute atomic E-state index is 0.0312. The van der Waals surface area contributed by atoms with Crippen LogP contribution in [-0.2, 0) is 6.54 Å². The number of nitrogens with zero attached hydrogens (tertiary/aromatic N) is 1. The Hall–Kier alpha value is -2.44. The molecule has 1 amide bonds. The van der Waals surface area contributed by atoms with Crippen LogP contribution in [0.15, 0.2) is 42.5 Å². The van der Waals surface area contributed by atoms with E-state index in [-0.39, 0.29) is 16.6 Å². The van der Waals surface area contributed by atoms with Gasteiger partial charge in [-0.2, -0.15) is 0 Å². The molecule has 0 atom stereocenters. The normalized spacial score (nSPS) is 10.2. The van der Waals surface area contributed by atoms with Gasteiger partial charge in [0.2, 0.25) is 0 Å². The number of amides is 1. The molecule has 0 saturated heterocycles. The molecule has 108 valence electrons. The first kappa shape index (κ1) is 15.0. The predicted octanol–water partition coefficient (Wildman–Crippen LogP) is 2.96. The van der Waals surface area contributed by atoms with Crippen molar-refractivity contribution in [2.24, 2.45) is 5.73 Å². The standard InChI is InChI=1S/C14H12ClN3O3/c15-12-7-11(5-6-13(12)18(20)21)17-14(19)10-3-1-9(8-16)2-4-10/h1-7H,8,16H2,(H,17,19). The Kier molecular flexibility index (Phi) is 4.52. The average Bonchev–Trinajstić information content (AvgIpc) is 2.47. The van der Waals surface area contributed by atoms with E-state index in [0.717, 1.165) is 5.56 Å². The van der Waals surface area contributed by atoms with Gasteiger partial charge in [0.15, 0.2) is 0 Å². The van der Waals surface area contributed by atoms with Gasteiger partial charge in [-0.1, -0.05) is 23.7 Å². The Labute approximate surface area is 125 Å². The lowest BCUT2D eigenvalue weighted by Crippen LogP contribution is -2.12. The Bertz CT molecular complexity index is 686. The van der Waals surface area contributed by atoms with Crippen molar-refractivity contribution in [2.45, 2.75) is 6.54 Å². The summed E-state index contributed by atoms with van der Waals surface area (Å²) in [5.41, 5.74) is 7.05. The van der Waals surface area contributed by atoms with Gasteiger partial charge < -0.3 is 11.1 Å². The van der Waals surface area contributed by atoms with Gasteiger partial charge >= 0.3 is 0 Å². The summed E-state index contributed by atoms with van der Waals surface area (Å²) in [4.78, 5) is 22.1. The van der Waals surface area contributed by atoms with E-state index < -0.39 is 4.92 Å². The number of halogens is 1. The second-order valence-corrected chi connectivity index (χ2v) is 4.69. The predicted molar refractivity (Wildman–Crippen MR) is 80.4 cm³/mol. The van der Waals surface area contributed by atoms with Crippen molar-refractivity contribution in [2.75, 3.05) is 5.32 Å². The first-order valence-electron chi connectivity index (χ1n) is 6.05. The zero-order chi connectivity index (χ0) is 15.4. The molecule has 0 spiro atoms. The molecule has 2 aromatic rings. The van der Waals surface area contributed by atoms with Crippen LogP contribution in [0.25, 0.3) is 0 Å². The molecule has 7 heteroatoms. The summed E-state index contributed by atoms with van der Waals surface area (Å²) in [6.45, 7) is 0.403. The Morgan fingerprint density at radius 3 is 2.43 bits per heavy atom. The molecule has 21 heavy (non-hydrogen) atoms. The number of carbonyl (C=O) groups is 1. The van der Waals surface area contributed by atoms with Gasteiger partial charge in [-0.25, -0.2) is 0 Å². The van der Waals surface area contributed by atoms with E-state index in [0.29, 0.717) is 17.8 Å². The Morgan fingerprint density at radius 2 is 1.90 bits per heavy atom. The molecule has 2 rings (SSSR count). The molecule has 0 radical (unpaired) electrons. The van der Waals surface area contributed by atoms with Crippen LogP contribution in [0.1, 0.15) is 15.9 Å². The molecule has 0 heterocycles. The van der Waals surface area contributed by atoms with Crippen LogP contribution >= 0.6 is 11.6 Å². The van der Waals surface area contributed by atoms with Crippen molar-refractivity contribution in [3.8, 4) is 0 Å². The van der Waals surface area contributed by atoms with E-state index >= 15 is 0 Å². The molecule has 2 aromatic carbocycles. The maximum atomic E-state index is 12.0. The molecule has 0 aliphatic heterocycles. The van der Waals surface area contributed by atoms with Crippen LogP contribution in [0, 0.1) is 10.1 Å². The molecule has 0 aliphatic rings. The number of benzene rings is 2. The summed E-state index contributed by atoms with van der Waals surface area (Å²) in [5, 5.41) is 13.3. The number of anilines is 1. The number of rotatable bonds is 4. The Balaban J connectivity index is 2.15. The topological polar surface area (TPSA) is 98.3 Å². The highest BCUT2D eigenvalue weighted by Crippen LogP contribution is 2.27. The van der Waals surface area contributed by atoms with E-state index in [1.165, 1.54) is 18.2 Å². The van der Waals surface area contributed by atoms with Crippen LogP contribution < -0.4 is 11.1 Å². The molecule has 0 bridgehead atoms. The minimum atomic E-state index is -0.584. The minimum Gasteiger partial charge on any atom is -0.326 e. The maximum absolute atomic E-state index is 12.0. The van der Waals surface area contributed by atoms with E-state index in [9.17, 15) is 14.9 Å². The first-order valence-corrected chi connectivity index (χ1v) is 6.43. The molecule has 0 fully saturated rings. The van der Waals surface area contributed by atoms with Crippen LogP contribution in [0.4, 0.5) is 11.4 Å². The molecule has 0 aromatic heterocycles. The SMILES string of the molecule is NCc1ccc(C(=O)Nc2ccc([N+](=O)[O-])c(Cl)c2)cc1. The van der Waals surface area contributed by atoms with Crippen molar-refractivity contribution >= 4 is 28.9 Å². The number of nitrogens with one attached hydrogen (secondary N) is 1. The molecule has 0 aliphatic carbocycles. The van der Waals surface area contributed by atoms with Gasteiger partial charge in [-0.05, 0) is 29.8 Å². The lowest BCUT2D eigenvalue weighted by atomic mass is 10.1. The highest BCUT2D eigenvalue weighted by molar-refractivity contribution is 6.33. The Morgan fingerprint density at radius 1 is 1.24 bits per heavy atom. The third kappa shape index (κ3) is 3.56. The molecular weight excluding hydrogens is 294 g/mol. The maximum Gasteiger partial charge on any atom is 0.288 e. The lowest BCUT2D eigenvalue weighted by Gasteiger charge is -2.06. The van der Waals surface area contributed by atoms with Gasteiger partial charge in [-0.15, -0.1) is 0 Å². The second kappa shape index (κ2) is 6.34. The van der Waals surface area contributed by atoms with Crippen molar-refractivity contribution in [3.05, 3.63) is 68.7 Å². The van der Waals surface area contributed by atoms with Gasteiger partial charge in [-0.3, -0.25) is 14.9 Å². The molecule has 3 N–H and O–H groups in total. The number of hydrogen-bond donors (Lipinski definition) is 2. The highest BCUT2D eigenvalue weighted by atomic mass is 35.5. The number of nitro groups is 1. The summed E-state index contributed by atoms with van der Waals surface area (Å²) in [6, 6.07) is 10.8. The van der Waals surface area contributed by atoms with Crippen LogP contribution in [0.2, 0.25) is 5.02 Å².